The molecule has 0 aliphatic carbocycles. The number of nitrogens with one attached hydrogen (secondary N) is 2. The Kier molecular flexibility index (Phi) is 11.3. The number of rotatable bonds is 14. The van der Waals surface area contributed by atoms with Crippen molar-refractivity contribution >= 4 is 33.8 Å². The van der Waals surface area contributed by atoms with E-state index in [9.17, 15) is 9.59 Å². The predicted octanol–water partition coefficient (Wildman–Crippen LogP) is 6.69. The molecule has 1 fully saturated rings. The number of carbonyl (C=O) groups excluding carboxylic acids is 2. The highest BCUT2D eigenvalue weighted by Crippen LogP contribution is 2.26. The summed E-state index contributed by atoms with van der Waals surface area (Å²) < 4.78 is 21.5. The molecule has 5 aromatic carbocycles. The van der Waals surface area contributed by atoms with Gasteiger partial charge in [0.15, 0.2) is 12.6 Å². The third kappa shape index (κ3) is 8.90. The first-order valence-corrected chi connectivity index (χ1v) is 16.4. The van der Waals surface area contributed by atoms with Crippen LogP contribution in [0.2, 0.25) is 0 Å². The molecular formula is C40H41N3O6. The van der Waals surface area contributed by atoms with Gasteiger partial charge < -0.3 is 34.5 Å². The smallest absolute Gasteiger partial charge is 0.253 e. The second-order valence-electron chi connectivity index (χ2n) is 12.0. The van der Waals surface area contributed by atoms with Crippen molar-refractivity contribution in [2.75, 3.05) is 59.2 Å². The van der Waals surface area contributed by atoms with Crippen molar-refractivity contribution in [1.82, 2.24) is 10.2 Å². The van der Waals surface area contributed by atoms with Gasteiger partial charge in [-0.05, 0) is 82.1 Å². The number of Topliss-reactive ketones (excluding diaryl/α,β-unsaturated/α-hetero) is 1. The standard InChI is InChI=1S/C40H41N3O6/c1-43(40(45)34-10-9-32-24-37(16-13-31(32)22-34)49-27-48-20-19-46-2)25-28-5-3-6-30(21-28)29-11-14-35(15-12-29)42-36-8-4-7-33(23-36)39(44)38-26-47-18-17-41-38/h3-16,21-24,38,41-42H,17-20,25-27H2,1-2H3. The third-order valence-electron chi connectivity index (χ3n) is 8.38. The van der Waals surface area contributed by atoms with Crippen LogP contribution in [0.3, 0.4) is 0 Å². The lowest BCUT2D eigenvalue weighted by Gasteiger charge is -2.22. The van der Waals surface area contributed by atoms with Crippen molar-refractivity contribution in [3.05, 3.63) is 126 Å². The lowest BCUT2D eigenvalue weighted by Crippen LogP contribution is -2.46. The highest BCUT2D eigenvalue weighted by molar-refractivity contribution is 6.01. The molecule has 2 N–H and O–H groups in total. The van der Waals surface area contributed by atoms with Crippen molar-refractivity contribution in [1.29, 1.82) is 0 Å². The monoisotopic (exact) mass is 659 g/mol. The number of morpholine rings is 1. The van der Waals surface area contributed by atoms with E-state index in [1.165, 1.54) is 0 Å². The van der Waals surface area contributed by atoms with Crippen LogP contribution in [0.25, 0.3) is 21.9 Å². The molecule has 0 aromatic heterocycles. The number of ketones is 1. The fraction of sp³-hybridized carbons (Fsp3) is 0.250. The Morgan fingerprint density at radius 2 is 1.65 bits per heavy atom. The van der Waals surface area contributed by atoms with Crippen molar-refractivity contribution in [3.63, 3.8) is 0 Å². The Morgan fingerprint density at radius 1 is 0.837 bits per heavy atom. The van der Waals surface area contributed by atoms with E-state index in [1.54, 1.807) is 12.0 Å². The van der Waals surface area contributed by atoms with Crippen LogP contribution in [0, 0.1) is 0 Å². The molecule has 0 saturated carbocycles. The average molecular weight is 660 g/mol. The Bertz CT molecular complexity index is 1890. The maximum absolute atomic E-state index is 13.4. The van der Waals surface area contributed by atoms with Crippen LogP contribution < -0.4 is 15.4 Å². The van der Waals surface area contributed by atoms with E-state index in [1.807, 2.05) is 92.0 Å². The molecule has 9 heteroatoms. The minimum absolute atomic E-state index is 0.0317. The Balaban J connectivity index is 1.06. The minimum atomic E-state index is -0.316. The van der Waals surface area contributed by atoms with Gasteiger partial charge in [-0.15, -0.1) is 0 Å². The molecule has 1 atom stereocenters. The van der Waals surface area contributed by atoms with Gasteiger partial charge >= 0.3 is 0 Å². The van der Waals surface area contributed by atoms with Crippen LogP contribution in [0.5, 0.6) is 5.75 Å². The molecule has 1 aliphatic heterocycles. The van der Waals surface area contributed by atoms with E-state index >= 15 is 0 Å². The van der Waals surface area contributed by atoms with E-state index in [2.05, 4.69) is 34.9 Å². The maximum atomic E-state index is 13.4. The van der Waals surface area contributed by atoms with Gasteiger partial charge in [0.2, 0.25) is 0 Å². The summed E-state index contributed by atoms with van der Waals surface area (Å²) in [5.74, 6) is 0.682. The largest absolute Gasteiger partial charge is 0.468 e. The first-order chi connectivity index (χ1) is 24.0. The van der Waals surface area contributed by atoms with Gasteiger partial charge in [-0.25, -0.2) is 0 Å². The molecular weight excluding hydrogens is 618 g/mol. The third-order valence-corrected chi connectivity index (χ3v) is 8.38. The molecule has 1 saturated heterocycles. The van der Waals surface area contributed by atoms with Crippen LogP contribution >= 0.6 is 0 Å². The molecule has 0 bridgehead atoms. The number of amides is 1. The van der Waals surface area contributed by atoms with E-state index < -0.39 is 0 Å². The van der Waals surface area contributed by atoms with E-state index in [4.69, 9.17) is 18.9 Å². The molecule has 6 rings (SSSR count). The van der Waals surface area contributed by atoms with Crippen molar-refractivity contribution in [2.45, 2.75) is 12.6 Å². The van der Waals surface area contributed by atoms with Crippen LogP contribution in [-0.4, -0.2) is 76.6 Å². The second kappa shape index (κ2) is 16.4. The number of hydrogen-bond acceptors (Lipinski definition) is 8. The number of nitrogens with zero attached hydrogens (tertiary/aromatic N) is 1. The zero-order valence-electron chi connectivity index (χ0n) is 27.8. The first-order valence-electron chi connectivity index (χ1n) is 16.4. The average Bonchev–Trinajstić information content (AvgIpc) is 3.14. The first kappa shape index (κ1) is 33.8. The second-order valence-corrected chi connectivity index (χ2v) is 12.0. The Labute approximate surface area is 286 Å². The zero-order valence-corrected chi connectivity index (χ0v) is 27.8. The number of fused-ring (bicyclic) bond motifs is 1. The summed E-state index contributed by atoms with van der Waals surface area (Å²) in [5, 5.41) is 8.58. The van der Waals surface area contributed by atoms with Gasteiger partial charge in [-0.1, -0.05) is 54.6 Å². The van der Waals surface area contributed by atoms with Crippen LogP contribution in [-0.2, 0) is 20.8 Å². The van der Waals surface area contributed by atoms with Crippen LogP contribution in [0.15, 0.2) is 109 Å². The quantitative estimate of drug-likeness (QED) is 0.0773. The van der Waals surface area contributed by atoms with E-state index in [0.717, 1.165) is 38.8 Å². The molecule has 1 heterocycles. The van der Waals surface area contributed by atoms with Gasteiger partial charge in [0.05, 0.1) is 32.5 Å². The van der Waals surface area contributed by atoms with E-state index in [0.29, 0.717) is 56.4 Å². The van der Waals surface area contributed by atoms with Crippen molar-refractivity contribution < 1.29 is 28.5 Å². The van der Waals surface area contributed by atoms with Gasteiger partial charge in [-0.2, -0.15) is 0 Å². The molecule has 5 aromatic rings. The number of benzene rings is 5. The maximum Gasteiger partial charge on any atom is 0.253 e. The SMILES string of the molecule is COCCOCOc1ccc2cc(C(=O)N(C)Cc3cccc(-c4ccc(Nc5cccc(C(=O)C6COCCN6)c5)cc4)c3)ccc2c1. The van der Waals surface area contributed by atoms with Crippen LogP contribution in [0.1, 0.15) is 26.3 Å². The Hall–Kier alpha value is -5.06. The summed E-state index contributed by atoms with van der Waals surface area (Å²) in [6, 6.07) is 35.1. The highest BCUT2D eigenvalue weighted by atomic mass is 16.7. The molecule has 49 heavy (non-hydrogen) atoms. The molecule has 0 spiro atoms. The number of ether oxygens (including phenoxy) is 4. The summed E-state index contributed by atoms with van der Waals surface area (Å²) in [5.41, 5.74) is 6.19. The highest BCUT2D eigenvalue weighted by Gasteiger charge is 2.22. The normalized spacial score (nSPS) is 14.4. The summed E-state index contributed by atoms with van der Waals surface area (Å²) in [6.07, 6.45) is 0. The number of hydrogen-bond donors (Lipinski definition) is 2. The van der Waals surface area contributed by atoms with Crippen molar-refractivity contribution in [2.24, 2.45) is 0 Å². The molecule has 0 radical (unpaired) electrons. The zero-order chi connectivity index (χ0) is 34.0. The molecule has 1 aliphatic rings. The number of anilines is 2. The topological polar surface area (TPSA) is 98.4 Å². The fourth-order valence-electron chi connectivity index (χ4n) is 5.77. The molecule has 1 amide bonds. The minimum Gasteiger partial charge on any atom is -0.468 e. The number of carbonyl (C=O) groups is 2. The summed E-state index contributed by atoms with van der Waals surface area (Å²) in [6.45, 7) is 3.29. The van der Waals surface area contributed by atoms with Crippen LogP contribution in [0.4, 0.5) is 11.4 Å². The molecule has 9 nitrogen and oxygen atoms in total. The van der Waals surface area contributed by atoms with E-state index in [-0.39, 0.29) is 24.5 Å². The summed E-state index contributed by atoms with van der Waals surface area (Å²) in [4.78, 5) is 28.1. The number of methoxy groups -OCH3 is 1. The fourth-order valence-corrected chi connectivity index (χ4v) is 5.77. The lowest BCUT2D eigenvalue weighted by molar-refractivity contribution is -0.00841. The molecule has 1 unspecified atom stereocenters. The molecule has 252 valence electrons. The van der Waals surface area contributed by atoms with Crippen molar-refractivity contribution in [3.8, 4) is 16.9 Å². The van der Waals surface area contributed by atoms with Gasteiger partial charge in [-0.3, -0.25) is 9.59 Å². The lowest BCUT2D eigenvalue weighted by atomic mass is 10.0. The van der Waals surface area contributed by atoms with Gasteiger partial charge in [0, 0.05) is 49.7 Å². The predicted molar refractivity (Wildman–Crippen MR) is 192 cm³/mol. The summed E-state index contributed by atoms with van der Waals surface area (Å²) >= 11 is 0. The summed E-state index contributed by atoms with van der Waals surface area (Å²) in [7, 11) is 3.45. The van der Waals surface area contributed by atoms with Gasteiger partial charge in [0.1, 0.15) is 5.75 Å². The Morgan fingerprint density at radius 3 is 2.47 bits per heavy atom. The van der Waals surface area contributed by atoms with Gasteiger partial charge in [0.25, 0.3) is 5.91 Å².